The van der Waals surface area contributed by atoms with Crippen LogP contribution in [-0.4, -0.2) is 62.6 Å². The van der Waals surface area contributed by atoms with Crippen LogP contribution in [0.4, 0.5) is 0 Å². The van der Waals surface area contributed by atoms with Gasteiger partial charge in [-0.3, -0.25) is 9.59 Å². The number of sulfonamides is 1. The fraction of sp³-hybridized carbons (Fsp3) is 0.440. The molecule has 1 unspecified atom stereocenters. The first kappa shape index (κ1) is 26.7. The maximum atomic E-state index is 13.2. The smallest absolute Gasteiger partial charge is 0.242 e. The summed E-state index contributed by atoms with van der Waals surface area (Å²) >= 11 is 0. The Morgan fingerprint density at radius 3 is 2.29 bits per heavy atom. The SMILES string of the molecule is COc1ccc(CN(C(=O)CCc2ccc(S(=O)(=O)NC3CC3)cc2)C(C)C(=O)NCCO)cc1. The maximum absolute atomic E-state index is 13.2. The number of methoxy groups -OCH3 is 1. The summed E-state index contributed by atoms with van der Waals surface area (Å²) in [6.45, 7) is 1.81. The van der Waals surface area contributed by atoms with Crippen molar-refractivity contribution in [2.24, 2.45) is 0 Å². The molecule has 190 valence electrons. The quantitative estimate of drug-likeness (QED) is 0.381. The Bertz CT molecular complexity index is 1100. The molecule has 9 nitrogen and oxygen atoms in total. The Hall–Kier alpha value is -2.95. The largest absolute Gasteiger partial charge is 0.497 e. The molecule has 0 aliphatic heterocycles. The molecule has 0 radical (unpaired) electrons. The number of aryl methyl sites for hydroxylation is 1. The van der Waals surface area contributed by atoms with Crippen LogP contribution in [0.2, 0.25) is 0 Å². The molecule has 0 bridgehead atoms. The van der Waals surface area contributed by atoms with E-state index in [0.29, 0.717) is 12.2 Å². The Labute approximate surface area is 206 Å². The van der Waals surface area contributed by atoms with Crippen molar-refractivity contribution in [2.45, 2.75) is 56.1 Å². The summed E-state index contributed by atoms with van der Waals surface area (Å²) in [4.78, 5) is 27.4. The molecule has 35 heavy (non-hydrogen) atoms. The number of amides is 2. The average Bonchev–Trinajstić information content (AvgIpc) is 3.67. The Morgan fingerprint density at radius 1 is 1.09 bits per heavy atom. The second kappa shape index (κ2) is 12.1. The first-order valence-corrected chi connectivity index (χ1v) is 13.1. The lowest BCUT2D eigenvalue weighted by Crippen LogP contribution is -2.48. The van der Waals surface area contributed by atoms with Crippen molar-refractivity contribution in [3.05, 3.63) is 59.7 Å². The molecule has 0 saturated heterocycles. The van der Waals surface area contributed by atoms with Crippen LogP contribution in [0.3, 0.4) is 0 Å². The van der Waals surface area contributed by atoms with Crippen molar-refractivity contribution in [1.82, 2.24) is 14.9 Å². The molecule has 10 heteroatoms. The number of benzene rings is 2. The van der Waals surface area contributed by atoms with Crippen LogP contribution in [0.25, 0.3) is 0 Å². The van der Waals surface area contributed by atoms with E-state index in [2.05, 4.69) is 10.0 Å². The highest BCUT2D eigenvalue weighted by atomic mass is 32.2. The predicted octanol–water partition coefficient (Wildman–Crippen LogP) is 1.59. The molecule has 1 aliphatic carbocycles. The number of rotatable bonds is 13. The zero-order valence-corrected chi connectivity index (χ0v) is 20.9. The van der Waals surface area contributed by atoms with Gasteiger partial charge >= 0.3 is 0 Å². The molecule has 3 rings (SSSR count). The number of carbonyl (C=O) groups is 2. The summed E-state index contributed by atoms with van der Waals surface area (Å²) in [5, 5.41) is 11.6. The van der Waals surface area contributed by atoms with E-state index in [9.17, 15) is 18.0 Å². The first-order chi connectivity index (χ1) is 16.7. The molecule has 0 spiro atoms. The zero-order valence-electron chi connectivity index (χ0n) is 20.1. The monoisotopic (exact) mass is 503 g/mol. The molecule has 0 aromatic heterocycles. The van der Waals surface area contributed by atoms with Crippen LogP contribution < -0.4 is 14.8 Å². The number of hydrogen-bond donors (Lipinski definition) is 3. The molecule has 1 atom stereocenters. The Balaban J connectivity index is 1.67. The minimum absolute atomic E-state index is 0.0329. The number of aliphatic hydroxyl groups excluding tert-OH is 1. The molecular weight excluding hydrogens is 470 g/mol. The van der Waals surface area contributed by atoms with E-state index >= 15 is 0 Å². The van der Waals surface area contributed by atoms with Gasteiger partial charge in [0, 0.05) is 25.6 Å². The minimum atomic E-state index is -3.52. The van der Waals surface area contributed by atoms with Gasteiger partial charge in [0.2, 0.25) is 21.8 Å². The van der Waals surface area contributed by atoms with E-state index < -0.39 is 16.1 Å². The van der Waals surface area contributed by atoms with Gasteiger partial charge in [-0.05, 0) is 61.6 Å². The Kier molecular flexibility index (Phi) is 9.25. The van der Waals surface area contributed by atoms with Crippen LogP contribution in [0, 0.1) is 0 Å². The number of carbonyl (C=O) groups excluding carboxylic acids is 2. The molecule has 1 aliphatic rings. The summed E-state index contributed by atoms with van der Waals surface area (Å²) in [5.41, 5.74) is 1.67. The molecule has 3 N–H and O–H groups in total. The zero-order chi connectivity index (χ0) is 25.4. The fourth-order valence-electron chi connectivity index (χ4n) is 3.56. The summed E-state index contributed by atoms with van der Waals surface area (Å²) in [6, 6.07) is 13.1. The molecular formula is C25H33N3O6S. The number of aliphatic hydroxyl groups is 1. The normalized spacial score (nSPS) is 14.3. The minimum Gasteiger partial charge on any atom is -0.497 e. The van der Waals surface area contributed by atoms with Gasteiger partial charge in [-0.15, -0.1) is 0 Å². The van der Waals surface area contributed by atoms with Crippen molar-refractivity contribution in [3.8, 4) is 5.75 Å². The lowest BCUT2D eigenvalue weighted by Gasteiger charge is -2.29. The second-order valence-corrected chi connectivity index (χ2v) is 10.3. The molecule has 1 fully saturated rings. The second-order valence-electron chi connectivity index (χ2n) is 8.60. The summed E-state index contributed by atoms with van der Waals surface area (Å²) < 4.78 is 32.5. The van der Waals surface area contributed by atoms with Crippen molar-refractivity contribution < 1.29 is 27.9 Å². The topological polar surface area (TPSA) is 125 Å². The molecule has 0 heterocycles. The van der Waals surface area contributed by atoms with Gasteiger partial charge in [0.1, 0.15) is 11.8 Å². The van der Waals surface area contributed by atoms with E-state index in [1.165, 1.54) is 4.90 Å². The van der Waals surface area contributed by atoms with Crippen molar-refractivity contribution in [3.63, 3.8) is 0 Å². The van der Waals surface area contributed by atoms with E-state index in [1.807, 2.05) is 12.1 Å². The van der Waals surface area contributed by atoms with Crippen LogP contribution in [0.5, 0.6) is 5.75 Å². The maximum Gasteiger partial charge on any atom is 0.242 e. The Morgan fingerprint density at radius 2 is 1.71 bits per heavy atom. The predicted molar refractivity (Wildman–Crippen MR) is 131 cm³/mol. The third-order valence-corrected chi connectivity index (χ3v) is 7.39. The van der Waals surface area contributed by atoms with Gasteiger partial charge < -0.3 is 20.1 Å². The van der Waals surface area contributed by atoms with E-state index in [1.54, 1.807) is 50.4 Å². The number of nitrogens with one attached hydrogen (secondary N) is 2. The molecule has 2 aromatic rings. The molecule has 1 saturated carbocycles. The average molecular weight is 504 g/mol. The molecule has 2 amide bonds. The van der Waals surface area contributed by atoms with Gasteiger partial charge in [0.25, 0.3) is 0 Å². The van der Waals surface area contributed by atoms with E-state index in [-0.39, 0.29) is 48.9 Å². The van der Waals surface area contributed by atoms with Gasteiger partial charge in [0.05, 0.1) is 18.6 Å². The summed E-state index contributed by atoms with van der Waals surface area (Å²) in [5.74, 6) is 0.136. The van der Waals surface area contributed by atoms with Crippen molar-refractivity contribution in [1.29, 1.82) is 0 Å². The lowest BCUT2D eigenvalue weighted by molar-refractivity contribution is -0.140. The van der Waals surface area contributed by atoms with Crippen LogP contribution in [-0.2, 0) is 32.6 Å². The van der Waals surface area contributed by atoms with Crippen LogP contribution in [0.15, 0.2) is 53.4 Å². The first-order valence-electron chi connectivity index (χ1n) is 11.7. The van der Waals surface area contributed by atoms with Gasteiger partial charge in [-0.2, -0.15) is 0 Å². The molecule has 2 aromatic carbocycles. The third-order valence-electron chi connectivity index (χ3n) is 5.85. The van der Waals surface area contributed by atoms with Crippen molar-refractivity contribution in [2.75, 3.05) is 20.3 Å². The highest BCUT2D eigenvalue weighted by molar-refractivity contribution is 7.89. The van der Waals surface area contributed by atoms with E-state index in [0.717, 1.165) is 24.0 Å². The fourth-order valence-corrected chi connectivity index (χ4v) is 4.86. The highest BCUT2D eigenvalue weighted by Crippen LogP contribution is 2.22. The number of nitrogens with zero attached hydrogens (tertiary/aromatic N) is 1. The number of ether oxygens (including phenoxy) is 1. The van der Waals surface area contributed by atoms with E-state index in [4.69, 9.17) is 9.84 Å². The van der Waals surface area contributed by atoms with Crippen LogP contribution in [0.1, 0.15) is 37.3 Å². The van der Waals surface area contributed by atoms with Gasteiger partial charge in [0.15, 0.2) is 0 Å². The third kappa shape index (κ3) is 7.78. The standard InChI is InChI=1S/C25H33N3O6S/c1-18(25(31)26-15-16-29)28(17-20-3-10-22(34-2)11-4-20)24(30)14-7-19-5-12-23(13-6-19)35(32,33)27-21-8-9-21/h3-6,10-13,18,21,27,29H,7-9,14-17H2,1-2H3,(H,26,31). The van der Waals surface area contributed by atoms with Crippen molar-refractivity contribution >= 4 is 21.8 Å². The summed E-state index contributed by atoms with van der Waals surface area (Å²) in [6.07, 6.45) is 2.28. The number of hydrogen-bond acceptors (Lipinski definition) is 6. The summed E-state index contributed by atoms with van der Waals surface area (Å²) in [7, 11) is -1.95. The lowest BCUT2D eigenvalue weighted by atomic mass is 10.1. The van der Waals surface area contributed by atoms with Gasteiger partial charge in [-0.1, -0.05) is 24.3 Å². The van der Waals surface area contributed by atoms with Gasteiger partial charge in [-0.25, -0.2) is 13.1 Å². The van der Waals surface area contributed by atoms with Crippen LogP contribution >= 0.6 is 0 Å². The highest BCUT2D eigenvalue weighted by Gasteiger charge is 2.28.